The lowest BCUT2D eigenvalue weighted by atomic mass is 9.94. The summed E-state index contributed by atoms with van der Waals surface area (Å²) in [5.74, 6) is -11.1. The number of aromatic nitrogens is 9. The SMILES string of the molecule is CNC(=O)c1cc(-c2cccnc2[C@H](Cc2cc(F)cc(F)c2)NC(=O)Cn2cnc3cc(Cl)c(Cl)cc32)ccc1F.CNC(=O)c1cc(-c2cccnc2[C@H](Cc2cc(F)cc(F)c2)NC(=O)Cn2nc(C(C)C)cc2C(=O)NC2CC2)ccc1F.CNC(=O)c1cc(-c2cccnc2[C@H](Cc2cc(F)cc(F)c2)NC(=O)Cn2nc(C(F)(F)F)cc2C2CC2)ccc1F. The number of benzene rings is 7. The quantitative estimate of drug-likeness (QED) is 0.0225. The predicted octanol–water partition coefficient (Wildman–Crippen LogP) is 16.8. The van der Waals surface area contributed by atoms with Crippen LogP contribution in [-0.2, 0) is 59.5 Å². The van der Waals surface area contributed by atoms with Gasteiger partial charge in [0.2, 0.25) is 17.7 Å². The van der Waals surface area contributed by atoms with Gasteiger partial charge in [0.05, 0.1) is 85.0 Å². The van der Waals surface area contributed by atoms with Crippen molar-refractivity contribution >= 4 is 75.6 Å². The van der Waals surface area contributed by atoms with Crippen molar-refractivity contribution in [3.8, 4) is 33.4 Å². The van der Waals surface area contributed by atoms with Gasteiger partial charge in [-0.25, -0.2) is 44.5 Å². The number of hydrogen-bond donors (Lipinski definition) is 7. The van der Waals surface area contributed by atoms with Crippen LogP contribution in [0.25, 0.3) is 44.4 Å². The maximum Gasteiger partial charge on any atom is 0.435 e. The van der Waals surface area contributed by atoms with E-state index in [4.69, 9.17) is 23.2 Å². The first-order valence-electron chi connectivity index (χ1n) is 40.5. The van der Waals surface area contributed by atoms with Gasteiger partial charge in [-0.1, -0.05) is 73.4 Å². The van der Waals surface area contributed by atoms with Gasteiger partial charge in [0, 0.05) is 92.3 Å². The zero-order chi connectivity index (χ0) is 93.1. The summed E-state index contributed by atoms with van der Waals surface area (Å²) in [5, 5.41) is 27.4. The third-order valence-corrected chi connectivity index (χ3v) is 21.8. The molecule has 37 heteroatoms. The zero-order valence-corrected chi connectivity index (χ0v) is 71.2. The van der Waals surface area contributed by atoms with Gasteiger partial charge in [0.15, 0.2) is 5.69 Å². The molecule has 6 aromatic heterocycles. The summed E-state index contributed by atoms with van der Waals surface area (Å²) in [7, 11) is 4.12. The summed E-state index contributed by atoms with van der Waals surface area (Å²) in [6, 6.07) is 33.8. The second kappa shape index (κ2) is 40.9. The number of rotatable bonds is 28. The molecule has 15 rings (SSSR count). The number of imidazole rings is 1. The summed E-state index contributed by atoms with van der Waals surface area (Å²) >= 11 is 12.3. The van der Waals surface area contributed by atoms with Crippen LogP contribution in [0.4, 0.5) is 52.7 Å². The average Bonchev–Trinajstić information content (AvgIpc) is 0.925. The number of carbonyl (C=O) groups is 7. The Morgan fingerprint density at radius 3 is 1.19 bits per heavy atom. The molecular weight excluding hydrogens is 1750 g/mol. The molecule has 6 heterocycles. The molecule has 23 nitrogen and oxygen atoms in total. The van der Waals surface area contributed by atoms with Crippen LogP contribution in [0, 0.1) is 52.4 Å². The fourth-order valence-electron chi connectivity index (χ4n) is 14.6. The van der Waals surface area contributed by atoms with Crippen LogP contribution in [-0.4, -0.2) is 113 Å². The second-order valence-electron chi connectivity index (χ2n) is 31.0. The van der Waals surface area contributed by atoms with Crippen LogP contribution in [0.3, 0.4) is 0 Å². The van der Waals surface area contributed by atoms with E-state index in [-0.39, 0.29) is 107 Å². The minimum atomic E-state index is -4.69. The van der Waals surface area contributed by atoms with E-state index in [1.807, 2.05) is 13.8 Å². The molecule has 130 heavy (non-hydrogen) atoms. The van der Waals surface area contributed by atoms with E-state index in [0.717, 1.165) is 78.2 Å². The van der Waals surface area contributed by atoms with Gasteiger partial charge in [0.1, 0.15) is 77.7 Å². The number of fused-ring (bicyclic) bond motifs is 1. The zero-order valence-electron chi connectivity index (χ0n) is 69.7. The lowest BCUT2D eigenvalue weighted by Gasteiger charge is -2.22. The van der Waals surface area contributed by atoms with Crippen LogP contribution < -0.4 is 37.2 Å². The molecule has 13 aromatic rings. The molecule has 672 valence electrons. The highest BCUT2D eigenvalue weighted by Crippen LogP contribution is 2.43. The molecule has 2 aliphatic rings. The largest absolute Gasteiger partial charge is 0.435 e. The van der Waals surface area contributed by atoms with Gasteiger partial charge >= 0.3 is 6.18 Å². The van der Waals surface area contributed by atoms with Gasteiger partial charge in [-0.15, -0.1) is 0 Å². The Bertz CT molecular complexity index is 6420. The molecular formula is C93H80Cl2F12N16O7. The fraction of sp³-hybridized carbons (Fsp3) is 0.237. The van der Waals surface area contributed by atoms with E-state index < -0.39 is 124 Å². The van der Waals surface area contributed by atoms with Crippen LogP contribution in [0.5, 0.6) is 0 Å². The van der Waals surface area contributed by atoms with Crippen molar-refractivity contribution in [1.82, 2.24) is 81.3 Å². The third-order valence-electron chi connectivity index (χ3n) is 21.0. The lowest BCUT2D eigenvalue weighted by Crippen LogP contribution is -2.35. The Kier molecular flexibility index (Phi) is 29.4. The van der Waals surface area contributed by atoms with Gasteiger partial charge in [-0.05, 0) is 200 Å². The first-order chi connectivity index (χ1) is 62.1. The lowest BCUT2D eigenvalue weighted by molar-refractivity contribution is -0.141. The van der Waals surface area contributed by atoms with E-state index in [1.165, 1.54) is 99.3 Å². The fourth-order valence-corrected chi connectivity index (χ4v) is 14.9. The molecule has 0 bridgehead atoms. The first kappa shape index (κ1) is 93.5. The minimum absolute atomic E-state index is 0.00359. The second-order valence-corrected chi connectivity index (χ2v) is 31.8. The molecule has 0 unspecified atom stereocenters. The van der Waals surface area contributed by atoms with Gasteiger partial charge in [-0.3, -0.25) is 57.9 Å². The van der Waals surface area contributed by atoms with Crippen LogP contribution in [0.2, 0.25) is 10.0 Å². The number of nitrogens with one attached hydrogen (secondary N) is 7. The number of carbonyl (C=O) groups excluding carboxylic acids is 7. The molecule has 7 amide bonds. The van der Waals surface area contributed by atoms with E-state index in [2.05, 4.69) is 67.4 Å². The number of hydrogen-bond acceptors (Lipinski definition) is 13. The van der Waals surface area contributed by atoms with Crippen LogP contribution in [0.15, 0.2) is 195 Å². The molecule has 0 spiro atoms. The van der Waals surface area contributed by atoms with Crippen molar-refractivity contribution in [1.29, 1.82) is 0 Å². The Morgan fingerprint density at radius 1 is 0.438 bits per heavy atom. The van der Waals surface area contributed by atoms with Crippen molar-refractivity contribution in [2.24, 2.45) is 0 Å². The van der Waals surface area contributed by atoms with Gasteiger partial charge in [0.25, 0.3) is 23.6 Å². The highest BCUT2D eigenvalue weighted by molar-refractivity contribution is 6.42. The van der Waals surface area contributed by atoms with E-state index in [0.29, 0.717) is 90.4 Å². The molecule has 0 radical (unpaired) electrons. The molecule has 2 fully saturated rings. The highest BCUT2D eigenvalue weighted by Gasteiger charge is 2.39. The van der Waals surface area contributed by atoms with Crippen LogP contribution >= 0.6 is 23.2 Å². The predicted molar refractivity (Wildman–Crippen MR) is 458 cm³/mol. The average molecular weight is 1830 g/mol. The van der Waals surface area contributed by atoms with Crippen molar-refractivity contribution < 1.29 is 86.2 Å². The normalized spacial score (nSPS) is 13.1. The molecule has 7 aromatic carbocycles. The summed E-state index contributed by atoms with van der Waals surface area (Å²) in [6.45, 7) is 2.83. The summed E-state index contributed by atoms with van der Waals surface area (Å²) in [4.78, 5) is 108. The maximum absolute atomic E-state index is 14.5. The number of pyridine rings is 3. The van der Waals surface area contributed by atoms with Crippen molar-refractivity contribution in [3.05, 3.63) is 330 Å². The summed E-state index contributed by atoms with van der Waals surface area (Å²) < 4.78 is 172. The maximum atomic E-state index is 14.5. The Hall–Kier alpha value is -14.1. The van der Waals surface area contributed by atoms with Crippen molar-refractivity contribution in [2.75, 3.05) is 21.1 Å². The van der Waals surface area contributed by atoms with Crippen LogP contribution in [0.1, 0.15) is 162 Å². The Morgan fingerprint density at radius 2 is 0.823 bits per heavy atom. The number of halogens is 14. The molecule has 2 aliphatic carbocycles. The van der Waals surface area contributed by atoms with Crippen molar-refractivity contribution in [2.45, 2.75) is 121 Å². The molecule has 3 atom stereocenters. The Labute approximate surface area is 744 Å². The van der Waals surface area contributed by atoms with Crippen molar-refractivity contribution in [3.63, 3.8) is 0 Å². The van der Waals surface area contributed by atoms with E-state index in [9.17, 15) is 86.2 Å². The van der Waals surface area contributed by atoms with E-state index >= 15 is 0 Å². The highest BCUT2D eigenvalue weighted by atomic mass is 35.5. The number of nitrogens with zero attached hydrogens (tertiary/aromatic N) is 9. The van der Waals surface area contributed by atoms with E-state index in [1.54, 1.807) is 59.2 Å². The standard InChI is InChI=1S/C33H33F3N6O3.C30H22Cl2F3N5O2.C30H25F6N5O2/c1-18(2)27-16-29(33(45)39-23-7-8-23)42(41-27)17-30(43)40-28(13-19-11-21(34)15-22(35)12-19)31-24(5-4-10-38-31)20-6-9-26(36)25(14-20)32(44)37-3;1-36-30(42)21-10-17(4-5-24(21)35)20-3-2-6-37-29(20)26(9-16-7-18(33)11-19(34)8-16)39-28(41)14-40-15-38-25-12-22(31)23(32)13-27(25)40;1-37-29(43)22-12-18(6-7-23(22)33)21-3-2-8-38-28(21)24(11-16-9-19(31)13-20(32)10-16)39-27(42)15-41-25(17-4-5-17)14-26(40-41)30(34,35)36/h4-6,9-12,14-16,18,23,28H,7-8,13,17H2,1-3H3,(H,37,44)(H,39,45)(H,40,43);2-8,10-13,15,26H,9,14H2,1H3,(H,36,42)(H,39,41);2-3,6-10,12-14,17,24H,4-5,11,15H2,1H3,(H,37,43)(H,39,42)/t28-;26-;24-/m000/s1. The summed E-state index contributed by atoms with van der Waals surface area (Å²) in [6.07, 6.45) is 4.09. The number of amides is 7. The summed E-state index contributed by atoms with van der Waals surface area (Å²) in [5.41, 5.74) is 4.76. The molecule has 0 aliphatic heterocycles. The van der Waals surface area contributed by atoms with Gasteiger partial charge in [-0.2, -0.15) is 23.4 Å². The minimum Gasteiger partial charge on any atom is -0.355 e. The van der Waals surface area contributed by atoms with Gasteiger partial charge < -0.3 is 41.8 Å². The topological polar surface area (TPSA) is 296 Å². The Balaban J connectivity index is 0.000000166. The third kappa shape index (κ3) is 23.4. The smallest absolute Gasteiger partial charge is 0.355 e. The molecule has 2 saturated carbocycles. The monoisotopic (exact) mass is 1830 g/mol. The number of alkyl halides is 3. The first-order valence-corrected chi connectivity index (χ1v) is 41.3. The molecule has 7 N–H and O–H groups in total. The molecule has 0 saturated heterocycles.